The first-order valence-corrected chi connectivity index (χ1v) is 4.14. The fourth-order valence-electron chi connectivity index (χ4n) is 1.22. The van der Waals surface area contributed by atoms with Gasteiger partial charge in [-0.2, -0.15) is 0 Å². The molecule has 0 aromatic heterocycles. The molecule has 0 aliphatic carbocycles. The first-order valence-electron chi connectivity index (χ1n) is 3.62. The van der Waals surface area contributed by atoms with Crippen LogP contribution in [0.15, 0.2) is 24.3 Å². The van der Waals surface area contributed by atoms with Crippen molar-refractivity contribution in [3.63, 3.8) is 0 Å². The third-order valence-electron chi connectivity index (χ3n) is 1.80. The molecule has 1 heterocycles. The monoisotopic (exact) mass is 166 g/mol. The highest BCUT2D eigenvalue weighted by atomic mass is 32.1. The number of anilines is 1. The van der Waals surface area contributed by atoms with Gasteiger partial charge < -0.3 is 5.32 Å². The van der Waals surface area contributed by atoms with Gasteiger partial charge in [0.25, 0.3) is 0 Å². The molecule has 58 valence electrons. The van der Waals surface area contributed by atoms with E-state index < -0.39 is 0 Å². The normalized spacial score (nSPS) is 22.1. The van der Waals surface area contributed by atoms with Gasteiger partial charge in [0.05, 0.1) is 0 Å². The van der Waals surface area contributed by atoms with Crippen LogP contribution < -0.4 is 10.6 Å². The highest BCUT2D eigenvalue weighted by Gasteiger charge is 2.11. The van der Waals surface area contributed by atoms with Crippen LogP contribution in [0.3, 0.4) is 0 Å². The second-order valence-electron chi connectivity index (χ2n) is 2.58. The largest absolute Gasteiger partial charge is 0.361 e. The van der Waals surface area contributed by atoms with Crippen molar-refractivity contribution in [1.82, 2.24) is 5.32 Å². The summed E-state index contributed by atoms with van der Waals surface area (Å²) in [6.45, 7) is 0.900. The zero-order valence-electron chi connectivity index (χ0n) is 6.04. The highest BCUT2D eigenvalue weighted by Crippen LogP contribution is 2.19. The van der Waals surface area contributed by atoms with Gasteiger partial charge in [-0.15, -0.1) is 12.6 Å². The summed E-state index contributed by atoms with van der Waals surface area (Å²) in [5, 5.41) is 6.40. The predicted octanol–water partition coefficient (Wildman–Crippen LogP) is 1.42. The zero-order valence-corrected chi connectivity index (χ0v) is 6.94. The van der Waals surface area contributed by atoms with Crippen LogP contribution in [0.2, 0.25) is 0 Å². The van der Waals surface area contributed by atoms with E-state index in [2.05, 4.69) is 35.4 Å². The Bertz CT molecular complexity index is 262. The lowest BCUT2D eigenvalue weighted by Gasteiger charge is -2.24. The molecule has 1 atom stereocenters. The minimum atomic E-state index is 0.0879. The molecule has 0 radical (unpaired) electrons. The van der Waals surface area contributed by atoms with Crippen molar-refractivity contribution in [2.75, 3.05) is 5.32 Å². The van der Waals surface area contributed by atoms with Gasteiger partial charge in [0.2, 0.25) is 0 Å². The Morgan fingerprint density at radius 3 is 3.09 bits per heavy atom. The summed E-state index contributed by atoms with van der Waals surface area (Å²) in [4.78, 5) is 0. The van der Waals surface area contributed by atoms with Gasteiger partial charge in [-0.25, -0.2) is 0 Å². The molecule has 11 heavy (non-hydrogen) atoms. The van der Waals surface area contributed by atoms with Crippen LogP contribution >= 0.6 is 12.6 Å². The maximum absolute atomic E-state index is 4.26. The van der Waals surface area contributed by atoms with Crippen LogP contribution in [0.5, 0.6) is 0 Å². The minimum Gasteiger partial charge on any atom is -0.361 e. The van der Waals surface area contributed by atoms with E-state index in [1.54, 1.807) is 0 Å². The van der Waals surface area contributed by atoms with E-state index in [1.807, 2.05) is 12.1 Å². The quantitative estimate of drug-likeness (QED) is 0.508. The molecule has 0 fully saturated rings. The number of benzene rings is 1. The average Bonchev–Trinajstić information content (AvgIpc) is 2.04. The van der Waals surface area contributed by atoms with Gasteiger partial charge in [0.15, 0.2) is 0 Å². The number of thiol groups is 1. The van der Waals surface area contributed by atoms with Gasteiger partial charge in [-0.1, -0.05) is 18.2 Å². The number of hydrogen-bond acceptors (Lipinski definition) is 3. The third-order valence-corrected chi connectivity index (χ3v) is 2.11. The van der Waals surface area contributed by atoms with Crippen LogP contribution in [0.1, 0.15) is 5.56 Å². The van der Waals surface area contributed by atoms with E-state index in [0.717, 1.165) is 6.54 Å². The first kappa shape index (κ1) is 7.00. The van der Waals surface area contributed by atoms with Gasteiger partial charge in [0, 0.05) is 12.2 Å². The van der Waals surface area contributed by atoms with Gasteiger partial charge in [-0.05, 0) is 11.6 Å². The number of rotatable bonds is 0. The van der Waals surface area contributed by atoms with Crippen molar-refractivity contribution < 1.29 is 0 Å². The summed E-state index contributed by atoms with van der Waals surface area (Å²) in [5.41, 5.74) is 2.58. The average molecular weight is 166 g/mol. The molecule has 0 amide bonds. The first-order chi connectivity index (χ1) is 5.36. The van der Waals surface area contributed by atoms with E-state index in [4.69, 9.17) is 0 Å². The molecular formula is C8H10N2S. The van der Waals surface area contributed by atoms with Crippen molar-refractivity contribution in [1.29, 1.82) is 0 Å². The maximum Gasteiger partial charge on any atom is 0.123 e. The van der Waals surface area contributed by atoms with Crippen LogP contribution in [-0.4, -0.2) is 5.50 Å². The van der Waals surface area contributed by atoms with Crippen molar-refractivity contribution in [2.45, 2.75) is 12.0 Å². The highest BCUT2D eigenvalue weighted by molar-refractivity contribution is 7.81. The van der Waals surface area contributed by atoms with Gasteiger partial charge in [-0.3, -0.25) is 5.32 Å². The summed E-state index contributed by atoms with van der Waals surface area (Å²) in [7, 11) is 0. The molecule has 1 aromatic rings. The second kappa shape index (κ2) is 2.75. The van der Waals surface area contributed by atoms with Crippen LogP contribution in [0.4, 0.5) is 5.69 Å². The smallest absolute Gasteiger partial charge is 0.123 e. The minimum absolute atomic E-state index is 0.0879. The predicted molar refractivity (Wildman–Crippen MR) is 49.7 cm³/mol. The standard InChI is InChI=1S/C8H10N2S/c11-8-9-5-6-3-1-2-4-7(6)10-8/h1-4,8-11H,5H2. The van der Waals surface area contributed by atoms with E-state index in [-0.39, 0.29) is 5.50 Å². The maximum atomic E-state index is 4.26. The van der Waals surface area contributed by atoms with E-state index in [1.165, 1.54) is 11.3 Å². The Kier molecular flexibility index (Phi) is 1.75. The number of para-hydroxylation sites is 1. The Balaban J connectivity index is 2.34. The summed E-state index contributed by atoms with van der Waals surface area (Å²) in [6, 6.07) is 8.24. The van der Waals surface area contributed by atoms with Crippen LogP contribution in [-0.2, 0) is 6.54 Å². The Morgan fingerprint density at radius 2 is 2.18 bits per heavy atom. The lowest BCUT2D eigenvalue weighted by molar-refractivity contribution is 0.675. The summed E-state index contributed by atoms with van der Waals surface area (Å²) in [5.74, 6) is 0. The fraction of sp³-hybridized carbons (Fsp3) is 0.250. The molecule has 1 aromatic carbocycles. The van der Waals surface area contributed by atoms with Gasteiger partial charge >= 0.3 is 0 Å². The van der Waals surface area contributed by atoms with E-state index in [0.29, 0.717) is 0 Å². The lowest BCUT2D eigenvalue weighted by atomic mass is 10.1. The summed E-state index contributed by atoms with van der Waals surface area (Å²) >= 11 is 4.26. The molecule has 1 aliphatic rings. The molecule has 2 nitrogen and oxygen atoms in total. The second-order valence-corrected chi connectivity index (χ2v) is 3.10. The van der Waals surface area contributed by atoms with Crippen molar-refractivity contribution >= 4 is 18.3 Å². The zero-order chi connectivity index (χ0) is 7.68. The Hall–Kier alpha value is -0.670. The molecule has 2 rings (SSSR count). The van der Waals surface area contributed by atoms with Gasteiger partial charge in [0.1, 0.15) is 5.50 Å². The van der Waals surface area contributed by atoms with Crippen molar-refractivity contribution in [3.8, 4) is 0 Å². The van der Waals surface area contributed by atoms with Crippen LogP contribution in [0.25, 0.3) is 0 Å². The lowest BCUT2D eigenvalue weighted by Crippen LogP contribution is -2.35. The Morgan fingerprint density at radius 1 is 1.36 bits per heavy atom. The number of nitrogens with one attached hydrogen (secondary N) is 2. The molecule has 0 saturated carbocycles. The summed E-state index contributed by atoms with van der Waals surface area (Å²) < 4.78 is 0. The van der Waals surface area contributed by atoms with Crippen molar-refractivity contribution in [3.05, 3.63) is 29.8 Å². The van der Waals surface area contributed by atoms with Crippen molar-refractivity contribution in [2.24, 2.45) is 0 Å². The molecule has 1 aliphatic heterocycles. The van der Waals surface area contributed by atoms with E-state index in [9.17, 15) is 0 Å². The third kappa shape index (κ3) is 1.34. The number of fused-ring (bicyclic) bond motifs is 1. The number of hydrogen-bond donors (Lipinski definition) is 3. The Labute approximate surface area is 71.4 Å². The molecule has 2 N–H and O–H groups in total. The SMILES string of the molecule is SC1NCc2ccccc2N1. The molecule has 1 unspecified atom stereocenters. The van der Waals surface area contributed by atoms with E-state index >= 15 is 0 Å². The van der Waals surface area contributed by atoms with Crippen LogP contribution in [0, 0.1) is 0 Å². The molecule has 3 heteroatoms. The molecule has 0 bridgehead atoms. The summed E-state index contributed by atoms with van der Waals surface area (Å²) in [6.07, 6.45) is 0. The molecule has 0 saturated heterocycles. The molecular weight excluding hydrogens is 156 g/mol. The molecule has 0 spiro atoms. The fourth-order valence-corrected chi connectivity index (χ4v) is 1.45. The topological polar surface area (TPSA) is 24.1 Å².